The van der Waals surface area contributed by atoms with Gasteiger partial charge < -0.3 is 40.1 Å². The maximum Gasteiger partial charge on any atom is 0.476 e. The van der Waals surface area contributed by atoms with E-state index >= 15 is 0 Å². The first-order chi connectivity index (χ1) is 16.9. The van der Waals surface area contributed by atoms with Crippen LogP contribution < -0.4 is 17.0 Å². The van der Waals surface area contributed by atoms with Crippen molar-refractivity contribution in [2.24, 2.45) is 5.73 Å². The molecule has 0 bridgehead atoms. The third kappa shape index (κ3) is 8.96. The molecule has 0 radical (unpaired) electrons. The predicted molar refractivity (Wildman–Crippen MR) is 126 cm³/mol. The summed E-state index contributed by atoms with van der Waals surface area (Å²) in [5, 5.41) is 29.9. The van der Waals surface area contributed by atoms with Crippen LogP contribution >= 0.6 is 15.4 Å². The summed E-state index contributed by atoms with van der Waals surface area (Å²) >= 11 is 0. The number of aromatic nitrogens is 2. The third-order valence-corrected chi connectivity index (χ3v) is 9.42. The second-order valence-electron chi connectivity index (χ2n) is 8.48. The van der Waals surface area contributed by atoms with E-state index in [2.05, 4.69) is 4.31 Å². The summed E-state index contributed by atoms with van der Waals surface area (Å²) in [6.45, 7) is -0.375. The molecular weight excluding hydrogens is 524 g/mol. The molecule has 17 heteroatoms. The van der Waals surface area contributed by atoms with Gasteiger partial charge in [-0.1, -0.05) is 19.3 Å². The Bertz CT molecular complexity index is 1030. The lowest BCUT2D eigenvalue weighted by molar-refractivity contribution is -0.0527. The Kier molecular flexibility index (Phi) is 12.1. The number of aliphatic hydroxyl groups is 3. The number of hydrogen-bond donors (Lipinski definition) is 7. The molecular formula is C19H35N3O12P2. The van der Waals surface area contributed by atoms with E-state index in [4.69, 9.17) is 20.1 Å². The monoisotopic (exact) mass is 559 g/mol. The molecule has 1 aromatic rings. The standard InChI is InChI=1S/C19H35N3O12P2/c20-9-4-1-2-6-13(7-3-5-11-23)35(28,34-36(29,30)31)32-12-14-16(25)17(26)18(33-14)22-10-8-15(24)21-19(22)27/h8,10,13-14,16-18,23,25-26H,1-7,9,11-12,20H2,(H,21,24,27)(H2,29,30,31)/t13?,14-,16-,17-,18-,35?/m1/s1. The Morgan fingerprint density at radius 1 is 1.08 bits per heavy atom. The summed E-state index contributed by atoms with van der Waals surface area (Å²) in [7, 11) is -9.79. The lowest BCUT2D eigenvalue weighted by atomic mass is 10.1. The SMILES string of the molecule is NCCCCCC(CCCCO)P(=O)(OC[C@H]1O[C@@H](n2ccc(=O)[nH]c2=O)[C@H](O)[C@@H]1O)OP(=O)(O)O. The van der Waals surface area contributed by atoms with E-state index in [1.807, 2.05) is 4.98 Å². The van der Waals surface area contributed by atoms with Gasteiger partial charge in [-0.25, -0.2) is 13.7 Å². The van der Waals surface area contributed by atoms with Crippen LogP contribution in [0.1, 0.15) is 51.2 Å². The van der Waals surface area contributed by atoms with Gasteiger partial charge in [0.05, 0.1) is 12.3 Å². The van der Waals surface area contributed by atoms with Gasteiger partial charge in [-0.3, -0.25) is 18.9 Å². The van der Waals surface area contributed by atoms with Crippen LogP contribution in [-0.4, -0.2) is 78.4 Å². The maximum atomic E-state index is 13.7. The van der Waals surface area contributed by atoms with Crippen molar-refractivity contribution in [3.63, 3.8) is 0 Å². The zero-order valence-corrected chi connectivity index (χ0v) is 21.4. The molecule has 2 rings (SSSR count). The Balaban J connectivity index is 2.21. The van der Waals surface area contributed by atoms with E-state index in [1.54, 1.807) is 0 Å². The van der Waals surface area contributed by atoms with Crippen LogP contribution in [-0.2, 0) is 22.7 Å². The van der Waals surface area contributed by atoms with Crippen molar-refractivity contribution in [1.29, 1.82) is 0 Å². The average molecular weight is 559 g/mol. The number of aromatic amines is 1. The van der Waals surface area contributed by atoms with Gasteiger partial charge in [0.1, 0.15) is 18.3 Å². The number of aliphatic hydroxyl groups excluding tert-OH is 3. The summed E-state index contributed by atoms with van der Waals surface area (Å²) in [5.74, 6) is 0. The summed E-state index contributed by atoms with van der Waals surface area (Å²) in [5.41, 5.74) is 2.97. The van der Waals surface area contributed by atoms with Crippen LogP contribution in [0.5, 0.6) is 0 Å². The third-order valence-electron chi connectivity index (χ3n) is 5.74. The van der Waals surface area contributed by atoms with Crippen molar-refractivity contribution in [2.45, 2.75) is 75.1 Å². The van der Waals surface area contributed by atoms with Gasteiger partial charge in [0, 0.05) is 18.9 Å². The normalized spacial score (nSPS) is 25.1. The van der Waals surface area contributed by atoms with Crippen molar-refractivity contribution < 1.29 is 47.8 Å². The molecule has 0 saturated carbocycles. The molecule has 1 aliphatic heterocycles. The van der Waals surface area contributed by atoms with E-state index in [0.717, 1.165) is 16.8 Å². The van der Waals surface area contributed by atoms with Gasteiger partial charge >= 0.3 is 21.1 Å². The number of nitrogens with one attached hydrogen (secondary N) is 1. The number of rotatable bonds is 16. The second-order valence-corrected chi connectivity index (χ2v) is 12.2. The number of ether oxygens (including phenoxy) is 1. The van der Waals surface area contributed by atoms with E-state index < -0.39 is 63.5 Å². The van der Waals surface area contributed by atoms with E-state index in [9.17, 15) is 38.7 Å². The molecule has 0 aromatic carbocycles. The molecule has 0 aliphatic carbocycles. The van der Waals surface area contributed by atoms with E-state index in [0.29, 0.717) is 38.6 Å². The van der Waals surface area contributed by atoms with E-state index in [1.165, 1.54) is 0 Å². The lowest BCUT2D eigenvalue weighted by Crippen LogP contribution is -2.37. The molecule has 1 fully saturated rings. The van der Waals surface area contributed by atoms with Gasteiger partial charge in [0.25, 0.3) is 5.56 Å². The van der Waals surface area contributed by atoms with Crippen molar-refractivity contribution >= 4 is 15.4 Å². The second kappa shape index (κ2) is 14.1. The van der Waals surface area contributed by atoms with Crippen molar-refractivity contribution in [2.75, 3.05) is 19.8 Å². The Labute approximate surface area is 207 Å². The number of unbranched alkanes of at least 4 members (excludes halogenated alkanes) is 3. The molecule has 8 N–H and O–H groups in total. The highest BCUT2D eigenvalue weighted by molar-refractivity contribution is 7.64. The molecule has 1 aliphatic rings. The first kappa shape index (κ1) is 31.0. The molecule has 0 amide bonds. The van der Waals surface area contributed by atoms with Gasteiger partial charge in [-0.15, -0.1) is 0 Å². The largest absolute Gasteiger partial charge is 0.476 e. The topological polar surface area (TPSA) is 244 Å². The lowest BCUT2D eigenvalue weighted by Gasteiger charge is -2.28. The zero-order valence-electron chi connectivity index (χ0n) is 19.6. The molecule has 2 heterocycles. The number of hydrogen-bond acceptors (Lipinski definition) is 11. The van der Waals surface area contributed by atoms with Gasteiger partial charge in [-0.2, -0.15) is 0 Å². The number of H-pyrrole nitrogens is 1. The highest BCUT2D eigenvalue weighted by Crippen LogP contribution is 2.65. The highest BCUT2D eigenvalue weighted by Gasteiger charge is 2.47. The quantitative estimate of drug-likeness (QED) is 0.100. The zero-order chi connectivity index (χ0) is 26.9. The van der Waals surface area contributed by atoms with Crippen LogP contribution in [0.25, 0.3) is 0 Å². The average Bonchev–Trinajstić information content (AvgIpc) is 3.06. The van der Waals surface area contributed by atoms with Crippen molar-refractivity contribution in [3.05, 3.63) is 33.1 Å². The fraction of sp³-hybridized carbons (Fsp3) is 0.789. The van der Waals surface area contributed by atoms with Crippen LogP contribution in [0, 0.1) is 0 Å². The summed E-state index contributed by atoms with van der Waals surface area (Å²) in [6.07, 6.45) is -1.94. The molecule has 2 unspecified atom stereocenters. The molecule has 6 atom stereocenters. The van der Waals surface area contributed by atoms with Crippen molar-refractivity contribution in [3.8, 4) is 0 Å². The number of nitrogens with zero attached hydrogens (tertiary/aromatic N) is 1. The van der Waals surface area contributed by atoms with Crippen LogP contribution in [0.15, 0.2) is 21.9 Å². The predicted octanol–water partition coefficient (Wildman–Crippen LogP) is -0.475. The first-order valence-corrected chi connectivity index (χ1v) is 14.7. The molecule has 1 aromatic heterocycles. The van der Waals surface area contributed by atoms with Crippen LogP contribution in [0.2, 0.25) is 0 Å². The van der Waals surface area contributed by atoms with Gasteiger partial charge in [0.15, 0.2) is 6.23 Å². The highest BCUT2D eigenvalue weighted by atomic mass is 31.3. The van der Waals surface area contributed by atoms with Gasteiger partial charge in [-0.05, 0) is 32.2 Å². The Morgan fingerprint density at radius 3 is 2.33 bits per heavy atom. The number of nitrogens with two attached hydrogens (primary N) is 1. The minimum Gasteiger partial charge on any atom is -0.396 e. The smallest absolute Gasteiger partial charge is 0.396 e. The van der Waals surface area contributed by atoms with Crippen molar-refractivity contribution in [1.82, 2.24) is 9.55 Å². The maximum absolute atomic E-state index is 13.7. The molecule has 0 spiro atoms. The fourth-order valence-electron chi connectivity index (χ4n) is 3.90. The minimum absolute atomic E-state index is 0.129. The van der Waals surface area contributed by atoms with E-state index in [-0.39, 0.29) is 19.4 Å². The number of phosphoric acid groups is 1. The summed E-state index contributed by atoms with van der Waals surface area (Å²) in [6, 6.07) is 1.01. The molecule has 15 nitrogen and oxygen atoms in total. The fourth-order valence-corrected chi connectivity index (χ4v) is 7.37. The molecule has 1 saturated heterocycles. The van der Waals surface area contributed by atoms with Crippen LogP contribution in [0.4, 0.5) is 0 Å². The summed E-state index contributed by atoms with van der Waals surface area (Å²) in [4.78, 5) is 44.1. The minimum atomic E-state index is -5.27. The molecule has 36 heavy (non-hydrogen) atoms. The summed E-state index contributed by atoms with van der Waals surface area (Å²) < 4.78 is 41.7. The van der Waals surface area contributed by atoms with Crippen LogP contribution in [0.3, 0.4) is 0 Å². The molecule has 208 valence electrons. The van der Waals surface area contributed by atoms with Gasteiger partial charge in [0.2, 0.25) is 0 Å². The Morgan fingerprint density at radius 2 is 1.75 bits per heavy atom. The first-order valence-electron chi connectivity index (χ1n) is 11.6. The Hall–Kier alpha value is -1.22.